The van der Waals surface area contributed by atoms with Gasteiger partial charge >= 0.3 is 0 Å². The molecule has 0 atom stereocenters. The van der Waals surface area contributed by atoms with Gasteiger partial charge in [-0.25, -0.2) is 0 Å². The van der Waals surface area contributed by atoms with Crippen LogP contribution in [0.5, 0.6) is 0 Å². The van der Waals surface area contributed by atoms with Crippen LogP contribution in [0.2, 0.25) is 0 Å². The van der Waals surface area contributed by atoms with Gasteiger partial charge in [0.2, 0.25) is 0 Å². The topological polar surface area (TPSA) is 53.6 Å². The molecule has 1 saturated carbocycles. The molecule has 1 heterocycles. The van der Waals surface area contributed by atoms with E-state index in [9.17, 15) is 0 Å². The number of halogens is 1. The van der Waals surface area contributed by atoms with Crippen LogP contribution in [0.25, 0.3) is 0 Å². The lowest BCUT2D eigenvalue weighted by Gasteiger charge is -2.42. The fraction of sp³-hybridized carbons (Fsp3) is 0.933. The Morgan fingerprint density at radius 1 is 1.24 bits per heavy atom. The monoisotopic (exact) mass is 426 g/mol. The molecule has 6 heteroatoms. The second kappa shape index (κ2) is 8.24. The van der Waals surface area contributed by atoms with Crippen LogP contribution in [0.3, 0.4) is 0 Å². The smallest absolute Gasteiger partial charge is 0.189 e. The molecule has 3 N–H and O–H groups in total. The third-order valence-electron chi connectivity index (χ3n) is 4.26. The molecule has 1 aliphatic heterocycles. The zero-order chi connectivity index (χ0) is 14.6. The van der Waals surface area contributed by atoms with Crippen LogP contribution in [0, 0.1) is 0 Å². The summed E-state index contributed by atoms with van der Waals surface area (Å²) in [6.45, 7) is 9.62. The fourth-order valence-corrected chi connectivity index (χ4v) is 4.20. The summed E-state index contributed by atoms with van der Waals surface area (Å²) < 4.78 is 0. The predicted octanol–water partition coefficient (Wildman–Crippen LogP) is 2.67. The Bertz CT molecular complexity index is 342. The first-order valence-corrected chi connectivity index (χ1v) is 8.98. The molecular formula is C15H31IN4S. The number of nitrogens with zero attached hydrogens (tertiary/aromatic N) is 2. The molecule has 1 aliphatic carbocycles. The molecule has 0 aromatic heterocycles. The van der Waals surface area contributed by atoms with Gasteiger partial charge in [-0.1, -0.05) is 12.8 Å². The van der Waals surface area contributed by atoms with Crippen molar-refractivity contribution in [2.24, 2.45) is 10.7 Å². The van der Waals surface area contributed by atoms with Gasteiger partial charge in [-0.2, -0.15) is 11.8 Å². The number of hydrogen-bond donors (Lipinski definition) is 2. The van der Waals surface area contributed by atoms with Crippen LogP contribution in [0.4, 0.5) is 0 Å². The van der Waals surface area contributed by atoms with E-state index in [2.05, 4.69) is 47.7 Å². The van der Waals surface area contributed by atoms with Crippen molar-refractivity contribution < 1.29 is 0 Å². The number of nitrogens with two attached hydrogens (primary N) is 1. The minimum atomic E-state index is -0.0157. The average molecular weight is 426 g/mol. The summed E-state index contributed by atoms with van der Waals surface area (Å²) in [6, 6.07) is 0. The molecule has 0 amide bonds. The molecule has 0 unspecified atom stereocenters. The zero-order valence-electron chi connectivity index (χ0n) is 13.7. The molecule has 1 saturated heterocycles. The maximum atomic E-state index is 6.04. The Morgan fingerprint density at radius 3 is 2.33 bits per heavy atom. The zero-order valence-corrected chi connectivity index (χ0v) is 16.8. The molecule has 124 valence electrons. The standard InChI is InChI=1S/C15H30N4S.HI/c1-14(2,3)18-13(16)17-12-15(6-4-5-7-15)19-8-10-20-11-9-19;/h4-12H2,1-3H3,(H3,16,17,18);1H. The van der Waals surface area contributed by atoms with Crippen molar-refractivity contribution >= 4 is 41.7 Å². The highest BCUT2D eigenvalue weighted by Crippen LogP contribution is 2.37. The van der Waals surface area contributed by atoms with Crippen LogP contribution in [0.15, 0.2) is 4.99 Å². The van der Waals surface area contributed by atoms with E-state index in [0.29, 0.717) is 5.96 Å². The van der Waals surface area contributed by atoms with E-state index < -0.39 is 0 Å². The minimum Gasteiger partial charge on any atom is -0.370 e. The van der Waals surface area contributed by atoms with Gasteiger partial charge in [0, 0.05) is 35.7 Å². The van der Waals surface area contributed by atoms with Gasteiger partial charge in [-0.15, -0.1) is 24.0 Å². The van der Waals surface area contributed by atoms with Crippen molar-refractivity contribution in [2.45, 2.75) is 57.5 Å². The van der Waals surface area contributed by atoms with E-state index in [1.807, 2.05) is 0 Å². The molecule has 2 rings (SSSR count). The number of hydrogen-bond acceptors (Lipinski definition) is 3. The minimum absolute atomic E-state index is 0. The third-order valence-corrected chi connectivity index (χ3v) is 5.21. The predicted molar refractivity (Wildman–Crippen MR) is 105 cm³/mol. The molecule has 0 aromatic rings. The molecule has 0 spiro atoms. The maximum Gasteiger partial charge on any atom is 0.189 e. The Kier molecular flexibility index (Phi) is 7.60. The second-order valence-electron chi connectivity index (χ2n) is 7.11. The van der Waals surface area contributed by atoms with Crippen molar-refractivity contribution in [3.05, 3.63) is 0 Å². The Morgan fingerprint density at radius 2 is 1.81 bits per heavy atom. The summed E-state index contributed by atoms with van der Waals surface area (Å²) in [6.07, 6.45) is 5.24. The summed E-state index contributed by atoms with van der Waals surface area (Å²) in [4.78, 5) is 7.36. The third kappa shape index (κ3) is 5.78. The molecule has 0 radical (unpaired) electrons. The van der Waals surface area contributed by atoms with E-state index in [1.54, 1.807) is 0 Å². The first-order chi connectivity index (χ1) is 9.41. The fourth-order valence-electron chi connectivity index (χ4n) is 3.30. The molecule has 4 nitrogen and oxygen atoms in total. The van der Waals surface area contributed by atoms with Gasteiger partial charge < -0.3 is 11.1 Å². The van der Waals surface area contributed by atoms with E-state index in [0.717, 1.165) is 6.54 Å². The van der Waals surface area contributed by atoms with Crippen molar-refractivity contribution in [3.63, 3.8) is 0 Å². The van der Waals surface area contributed by atoms with Crippen molar-refractivity contribution in [2.75, 3.05) is 31.1 Å². The molecular weight excluding hydrogens is 395 g/mol. The summed E-state index contributed by atoms with van der Waals surface area (Å²) in [5.74, 6) is 3.12. The van der Waals surface area contributed by atoms with Gasteiger partial charge in [0.1, 0.15) is 0 Å². The molecule has 21 heavy (non-hydrogen) atoms. The first-order valence-electron chi connectivity index (χ1n) is 7.82. The quantitative estimate of drug-likeness (QED) is 0.414. The normalized spacial score (nSPS) is 23.7. The summed E-state index contributed by atoms with van der Waals surface area (Å²) >= 11 is 2.07. The number of rotatable bonds is 3. The average Bonchev–Trinajstić information content (AvgIpc) is 2.85. The first kappa shape index (κ1) is 19.4. The summed E-state index contributed by atoms with van der Waals surface area (Å²) in [5, 5.41) is 3.27. The van der Waals surface area contributed by atoms with Crippen LogP contribution >= 0.6 is 35.7 Å². The number of guanidine groups is 1. The SMILES string of the molecule is CC(C)(C)NC(N)=NCC1(N2CCSCC2)CCCC1.I. The Labute approximate surface area is 151 Å². The number of aliphatic imine (C=N–C) groups is 1. The van der Waals surface area contributed by atoms with E-state index in [-0.39, 0.29) is 35.1 Å². The van der Waals surface area contributed by atoms with Crippen LogP contribution in [-0.4, -0.2) is 53.1 Å². The van der Waals surface area contributed by atoms with Gasteiger partial charge in [-0.3, -0.25) is 9.89 Å². The van der Waals surface area contributed by atoms with E-state index in [1.165, 1.54) is 50.3 Å². The number of nitrogens with one attached hydrogen (secondary N) is 1. The van der Waals surface area contributed by atoms with Gasteiger partial charge in [-0.05, 0) is 33.6 Å². The van der Waals surface area contributed by atoms with Crippen molar-refractivity contribution in [1.82, 2.24) is 10.2 Å². The summed E-state index contributed by atoms with van der Waals surface area (Å²) in [7, 11) is 0. The van der Waals surface area contributed by atoms with Crippen LogP contribution in [-0.2, 0) is 0 Å². The lowest BCUT2D eigenvalue weighted by molar-refractivity contribution is 0.112. The lowest BCUT2D eigenvalue weighted by atomic mass is 9.95. The van der Waals surface area contributed by atoms with Crippen LogP contribution < -0.4 is 11.1 Å². The Hall–Kier alpha value is 0.310. The van der Waals surface area contributed by atoms with E-state index in [4.69, 9.17) is 5.73 Å². The highest BCUT2D eigenvalue weighted by molar-refractivity contribution is 14.0. The second-order valence-corrected chi connectivity index (χ2v) is 8.33. The van der Waals surface area contributed by atoms with Crippen molar-refractivity contribution in [1.29, 1.82) is 0 Å². The van der Waals surface area contributed by atoms with Gasteiger partial charge in [0.25, 0.3) is 0 Å². The van der Waals surface area contributed by atoms with Crippen molar-refractivity contribution in [3.8, 4) is 0 Å². The molecule has 2 aliphatic rings. The summed E-state index contributed by atoms with van der Waals surface area (Å²) in [5.41, 5.74) is 6.31. The largest absolute Gasteiger partial charge is 0.370 e. The van der Waals surface area contributed by atoms with Crippen LogP contribution in [0.1, 0.15) is 46.5 Å². The highest BCUT2D eigenvalue weighted by atomic mass is 127. The Balaban J connectivity index is 0.00000220. The lowest BCUT2D eigenvalue weighted by Crippen LogP contribution is -2.53. The molecule has 0 aromatic carbocycles. The van der Waals surface area contributed by atoms with E-state index >= 15 is 0 Å². The molecule has 0 bridgehead atoms. The van der Waals surface area contributed by atoms with Gasteiger partial charge in [0.15, 0.2) is 5.96 Å². The van der Waals surface area contributed by atoms with Gasteiger partial charge in [0.05, 0.1) is 6.54 Å². The number of thioether (sulfide) groups is 1. The highest BCUT2D eigenvalue weighted by Gasteiger charge is 2.39. The maximum absolute atomic E-state index is 6.04. The molecule has 2 fully saturated rings.